The van der Waals surface area contributed by atoms with Crippen LogP contribution >= 0.6 is 0 Å². The number of para-hydroxylation sites is 3. The first-order valence-electron chi connectivity index (χ1n) is 23.5. The topological polar surface area (TPSA) is 231 Å². The Bertz CT molecular complexity index is 3170. The molecule has 0 aliphatic heterocycles. The fraction of sp³-hybridized carbons (Fsp3) is 0.200. The van der Waals surface area contributed by atoms with Crippen molar-refractivity contribution >= 4 is 50.3 Å². The van der Waals surface area contributed by atoms with Crippen LogP contribution in [0.15, 0.2) is 191 Å². The molecule has 374 valence electrons. The predicted octanol–water partition coefficient (Wildman–Crippen LogP) is 0.332. The minimum absolute atomic E-state index is 0. The molecule has 6 aromatic carbocycles. The van der Waals surface area contributed by atoms with Crippen LogP contribution in [0.5, 0.6) is 17.2 Å². The molecule has 0 bridgehead atoms. The zero-order chi connectivity index (χ0) is 52.8. The van der Waals surface area contributed by atoms with Crippen LogP contribution in [-0.2, 0) is 14.4 Å². The molecule has 16 heteroatoms. The van der Waals surface area contributed by atoms with Gasteiger partial charge in [0.1, 0.15) is 34.1 Å². The molecule has 0 fully saturated rings. The summed E-state index contributed by atoms with van der Waals surface area (Å²) < 4.78 is 15.9. The maximum Gasteiger partial charge on any atom is 1.00 e. The van der Waals surface area contributed by atoms with Gasteiger partial charge in [0, 0.05) is 76.0 Å². The third-order valence-electron chi connectivity index (χ3n) is 11.5. The maximum atomic E-state index is 12.8. The first-order valence-corrected chi connectivity index (χ1v) is 23.5. The van der Waals surface area contributed by atoms with Gasteiger partial charge in [-0.1, -0.05) is 163 Å². The second-order valence-corrected chi connectivity index (χ2v) is 17.6. The van der Waals surface area contributed by atoms with Gasteiger partial charge < -0.3 is 33.7 Å². The molecule has 13 nitrogen and oxygen atoms in total. The van der Waals surface area contributed by atoms with E-state index in [1.54, 1.807) is 86.6 Å². The Morgan fingerprint density at radius 1 is 0.395 bits per heavy atom. The van der Waals surface area contributed by atoms with Crippen molar-refractivity contribution in [2.24, 2.45) is 0 Å². The van der Waals surface area contributed by atoms with Crippen LogP contribution in [0.4, 0.5) is 0 Å². The van der Waals surface area contributed by atoms with Crippen LogP contribution in [0.2, 0.25) is 0 Å². The summed E-state index contributed by atoms with van der Waals surface area (Å²) in [6, 6.07) is 47.2. The van der Waals surface area contributed by atoms with Crippen molar-refractivity contribution in [3.63, 3.8) is 0 Å². The van der Waals surface area contributed by atoms with Crippen LogP contribution < -0.4 is 121 Å². The number of ketones is 3. The van der Waals surface area contributed by atoms with Crippen LogP contribution in [0.1, 0.15) is 105 Å². The first-order chi connectivity index (χ1) is 35.0. The molecule has 9 rings (SSSR count). The van der Waals surface area contributed by atoms with Crippen molar-refractivity contribution in [2.45, 2.75) is 77.7 Å². The molecule has 0 aliphatic rings. The Balaban J connectivity index is 0.000000284. The molecule has 0 spiro atoms. The number of Topliss-reactive ketones (excluding diaryl/α,β-unsaturated/α-hetero) is 3. The summed E-state index contributed by atoms with van der Waals surface area (Å²) in [6.45, 7) is 7.79. The average Bonchev–Trinajstić information content (AvgIpc) is 3.36. The van der Waals surface area contributed by atoms with Gasteiger partial charge in [-0.25, -0.2) is 14.4 Å². The van der Waals surface area contributed by atoms with E-state index >= 15 is 0 Å². The van der Waals surface area contributed by atoms with Gasteiger partial charge >= 0.3 is 106 Å². The number of hydrogen-bond acceptors (Lipinski definition) is 13. The normalized spacial score (nSPS) is 11.6. The molecule has 3 atom stereocenters. The molecular weight excluding hydrogens is 998 g/mol. The molecule has 1 N–H and O–H groups in total. The van der Waals surface area contributed by atoms with E-state index in [1.807, 2.05) is 91.0 Å². The molecular formula is C60H53Na3O13. The van der Waals surface area contributed by atoms with E-state index in [-0.39, 0.29) is 182 Å². The van der Waals surface area contributed by atoms with Crippen molar-refractivity contribution in [3.8, 4) is 17.2 Å². The Kier molecular flexibility index (Phi) is 26.3. The summed E-state index contributed by atoms with van der Waals surface area (Å²) in [7, 11) is 0. The summed E-state index contributed by atoms with van der Waals surface area (Å²) in [5.41, 5.74) is 1.08. The van der Waals surface area contributed by atoms with Crippen molar-refractivity contribution in [1.82, 2.24) is 0 Å². The number of carbonyl (C=O) groups is 3. The number of aliphatic hydroxyl groups excluding tert-OH is 1. The smallest absolute Gasteiger partial charge is 0.872 e. The third kappa shape index (κ3) is 16.9. The number of benzene rings is 6. The fourth-order valence-electron chi connectivity index (χ4n) is 8.39. The summed E-state index contributed by atoms with van der Waals surface area (Å²) >= 11 is 0. The van der Waals surface area contributed by atoms with Gasteiger partial charge in [0.25, 0.3) is 0 Å². The average molecular weight is 1050 g/mol. The van der Waals surface area contributed by atoms with E-state index in [9.17, 15) is 44.1 Å². The molecule has 3 heterocycles. The van der Waals surface area contributed by atoms with Crippen LogP contribution in [0, 0.1) is 0 Å². The number of hydrogen-bond donors (Lipinski definition) is 1. The Morgan fingerprint density at radius 2 is 0.592 bits per heavy atom. The maximum absolute atomic E-state index is 12.8. The summed E-state index contributed by atoms with van der Waals surface area (Å²) in [6.07, 6.45) is 0.0903. The monoisotopic (exact) mass is 1050 g/mol. The van der Waals surface area contributed by atoms with E-state index in [0.717, 1.165) is 16.7 Å². The van der Waals surface area contributed by atoms with Crippen molar-refractivity contribution in [1.29, 1.82) is 0 Å². The first kappa shape index (κ1) is 64.6. The molecule has 0 aliphatic carbocycles. The van der Waals surface area contributed by atoms with Crippen molar-refractivity contribution in [3.05, 3.63) is 228 Å². The second kappa shape index (κ2) is 30.9. The molecule has 0 radical (unpaired) electrons. The number of fused-ring (bicyclic) bond motifs is 3. The van der Waals surface area contributed by atoms with Crippen LogP contribution in [0.25, 0.3) is 32.9 Å². The number of rotatable bonds is 12. The van der Waals surface area contributed by atoms with Gasteiger partial charge in [-0.3, -0.25) is 14.4 Å². The fourth-order valence-corrected chi connectivity index (χ4v) is 8.39. The molecule has 9 aromatic rings. The molecule has 3 unspecified atom stereocenters. The molecule has 76 heavy (non-hydrogen) atoms. The van der Waals surface area contributed by atoms with Gasteiger partial charge in [-0.05, 0) is 69.5 Å². The standard InChI is InChI=1S/3C19H16O4.C3H8O.3Na/c3*1-12(20)11-15(13-7-3-2-4-8-13)17-18(21)14-9-5-6-10-16(14)23-19(17)22;1-3(2)4;;;/h3*2-10,15,21H,11H2,1H3;3-4H,1-2H3;;;/q;;;;3*+1/p-3. The number of aliphatic hydroxyl groups is 1. The van der Waals surface area contributed by atoms with E-state index in [2.05, 4.69) is 0 Å². The van der Waals surface area contributed by atoms with Crippen molar-refractivity contribution < 1.29 is 137 Å². The largest absolute Gasteiger partial charge is 1.00 e. The van der Waals surface area contributed by atoms with Gasteiger partial charge in [0.2, 0.25) is 0 Å². The van der Waals surface area contributed by atoms with Gasteiger partial charge in [-0.2, -0.15) is 0 Å². The van der Waals surface area contributed by atoms with E-state index in [4.69, 9.17) is 18.4 Å². The predicted molar refractivity (Wildman–Crippen MR) is 274 cm³/mol. The minimum atomic E-state index is -0.677. The Morgan fingerprint density at radius 3 is 0.803 bits per heavy atom. The summed E-state index contributed by atoms with van der Waals surface area (Å²) in [5.74, 6) is -3.17. The second-order valence-electron chi connectivity index (χ2n) is 17.6. The minimum Gasteiger partial charge on any atom is -0.872 e. The zero-order valence-electron chi connectivity index (χ0n) is 43.9. The molecule has 0 amide bonds. The summed E-state index contributed by atoms with van der Waals surface area (Å²) in [5, 5.41) is 47.4. The van der Waals surface area contributed by atoms with Crippen LogP contribution in [0.3, 0.4) is 0 Å². The van der Waals surface area contributed by atoms with Gasteiger partial charge in [-0.15, -0.1) is 0 Å². The molecule has 3 aromatic heterocycles. The number of carbonyl (C=O) groups excluding carboxylic acids is 3. The van der Waals surface area contributed by atoms with E-state index in [0.29, 0.717) is 16.2 Å². The Labute approximate surface area is 505 Å². The van der Waals surface area contributed by atoms with Crippen LogP contribution in [-0.4, -0.2) is 28.6 Å². The molecule has 0 saturated carbocycles. The Hall–Kier alpha value is -5.68. The van der Waals surface area contributed by atoms with Gasteiger partial charge in [0.15, 0.2) is 0 Å². The SMILES string of the molecule is CC(=O)CC(c1ccccc1)c1c([O-])c2ccccc2oc1=O.CC(=O)CC(c1ccccc1)c1c([O-])c2ccccc2oc1=O.CC(=O)CC(c1ccccc1)c1c([O-])c2ccccc2oc1=O.CC(C)O.[Na+].[Na+].[Na+]. The van der Waals surface area contributed by atoms with Crippen molar-refractivity contribution in [2.75, 3.05) is 0 Å². The third-order valence-corrected chi connectivity index (χ3v) is 11.5. The quantitative estimate of drug-likeness (QED) is 0.129. The van der Waals surface area contributed by atoms with E-state index < -0.39 is 34.6 Å². The zero-order valence-corrected chi connectivity index (χ0v) is 49.9. The molecule has 0 saturated heterocycles. The van der Waals surface area contributed by atoms with E-state index in [1.165, 1.54) is 20.8 Å². The summed E-state index contributed by atoms with van der Waals surface area (Å²) in [4.78, 5) is 72.1. The van der Waals surface area contributed by atoms with Gasteiger partial charge in [0.05, 0.1) is 0 Å².